The van der Waals surface area contributed by atoms with Crippen molar-refractivity contribution in [2.45, 2.75) is 84.7 Å². The Morgan fingerprint density at radius 3 is 2.66 bits per heavy atom. The molecule has 29 heavy (non-hydrogen) atoms. The molecule has 8 atom stereocenters. The first-order chi connectivity index (χ1) is 13.4. The maximum absolute atomic E-state index is 12.6. The summed E-state index contributed by atoms with van der Waals surface area (Å²) in [6.07, 6.45) is 10.5. The Hall–Kier alpha value is -0.610. The van der Waals surface area contributed by atoms with Gasteiger partial charge < -0.3 is 10.2 Å². The molecule has 0 aromatic carbocycles. The van der Waals surface area contributed by atoms with Crippen LogP contribution in [-0.4, -0.2) is 30.7 Å². The number of carbonyl (C=O) groups is 1. The van der Waals surface area contributed by atoms with Gasteiger partial charge in [-0.05, 0) is 86.5 Å². The summed E-state index contributed by atoms with van der Waals surface area (Å²) in [7, 11) is 0. The van der Waals surface area contributed by atoms with Crippen LogP contribution in [0.15, 0.2) is 5.16 Å². The van der Waals surface area contributed by atoms with Gasteiger partial charge in [0.25, 0.3) is 0 Å². The number of hydrogen-bond donors (Lipinski definition) is 1. The first-order valence-electron chi connectivity index (χ1n) is 11.9. The SMILES string of the molecule is C[C@H]1C[C@@H]2[C@H](CC[C@]3(C)C(=O)CC[C@@H]23)[C@@]2(C)CC/C(=N\O[C@@H]3CCNC3)CC12.Cl. The number of rotatable bonds is 2. The van der Waals surface area contributed by atoms with Crippen molar-refractivity contribution in [1.29, 1.82) is 0 Å². The molecule has 0 aromatic heterocycles. The first-order valence-corrected chi connectivity index (χ1v) is 11.9. The van der Waals surface area contributed by atoms with Gasteiger partial charge in [-0.15, -0.1) is 12.4 Å². The summed E-state index contributed by atoms with van der Waals surface area (Å²) in [6.45, 7) is 9.36. The molecule has 1 heterocycles. The van der Waals surface area contributed by atoms with E-state index in [-0.39, 0.29) is 23.9 Å². The standard InChI is InChI=1S/C24H38N2O2.ClH/c1-15-12-18-19-4-5-22(27)24(19,3)10-7-20(18)23(2)9-6-16(13-21(15)23)26-28-17-8-11-25-14-17;/h15,17-21,25H,4-14H2,1-3H3;1H/b26-16+;/t15-,17+,18-,19-,20-,21?,23+,24-;/m0./s1. The van der Waals surface area contributed by atoms with Gasteiger partial charge in [-0.25, -0.2) is 0 Å². The van der Waals surface area contributed by atoms with Crippen molar-refractivity contribution < 1.29 is 9.63 Å². The molecule has 0 bridgehead atoms. The Balaban J connectivity index is 0.00000205. The van der Waals surface area contributed by atoms with Gasteiger partial charge in [-0.2, -0.15) is 0 Å². The summed E-state index contributed by atoms with van der Waals surface area (Å²) < 4.78 is 0. The van der Waals surface area contributed by atoms with Gasteiger partial charge >= 0.3 is 0 Å². The molecule has 5 heteroatoms. The molecule has 0 amide bonds. The second-order valence-corrected chi connectivity index (χ2v) is 11.2. The maximum Gasteiger partial charge on any atom is 0.141 e. The molecule has 4 saturated carbocycles. The Morgan fingerprint density at radius 1 is 1.07 bits per heavy atom. The molecule has 0 radical (unpaired) electrons. The van der Waals surface area contributed by atoms with E-state index in [2.05, 4.69) is 31.2 Å². The number of nitrogens with zero attached hydrogens (tertiary/aromatic N) is 1. The summed E-state index contributed by atoms with van der Waals surface area (Å²) in [6, 6.07) is 0. The zero-order valence-electron chi connectivity index (χ0n) is 18.4. The third-order valence-electron chi connectivity index (χ3n) is 9.92. The summed E-state index contributed by atoms with van der Waals surface area (Å²) >= 11 is 0. The smallest absolute Gasteiger partial charge is 0.141 e. The van der Waals surface area contributed by atoms with Crippen molar-refractivity contribution in [3.05, 3.63) is 0 Å². The number of hydrogen-bond acceptors (Lipinski definition) is 4. The minimum Gasteiger partial charge on any atom is -0.391 e. The molecule has 1 aliphatic heterocycles. The average Bonchev–Trinajstić information content (AvgIpc) is 3.29. The van der Waals surface area contributed by atoms with Crippen LogP contribution in [-0.2, 0) is 9.63 Å². The zero-order valence-corrected chi connectivity index (χ0v) is 19.2. The van der Waals surface area contributed by atoms with Crippen LogP contribution in [0.4, 0.5) is 0 Å². The molecule has 4 aliphatic carbocycles. The fourth-order valence-corrected chi connectivity index (χ4v) is 8.25. The number of fused-ring (bicyclic) bond motifs is 5. The highest BCUT2D eigenvalue weighted by molar-refractivity contribution is 5.87. The van der Waals surface area contributed by atoms with E-state index in [0.29, 0.717) is 17.1 Å². The molecular formula is C24H39ClN2O2. The van der Waals surface area contributed by atoms with Crippen molar-refractivity contribution in [2.75, 3.05) is 13.1 Å². The summed E-state index contributed by atoms with van der Waals surface area (Å²) in [5, 5.41) is 7.99. The third kappa shape index (κ3) is 3.37. The maximum atomic E-state index is 12.6. The minimum atomic E-state index is -0.00543. The van der Waals surface area contributed by atoms with E-state index >= 15 is 0 Å². The van der Waals surface area contributed by atoms with Gasteiger partial charge in [0.2, 0.25) is 0 Å². The van der Waals surface area contributed by atoms with E-state index in [9.17, 15) is 4.79 Å². The zero-order chi connectivity index (χ0) is 19.5. The van der Waals surface area contributed by atoms with Gasteiger partial charge in [-0.1, -0.05) is 25.9 Å². The van der Waals surface area contributed by atoms with Gasteiger partial charge in [0, 0.05) is 24.8 Å². The first kappa shape index (κ1) is 21.6. The molecule has 5 fully saturated rings. The highest BCUT2D eigenvalue weighted by atomic mass is 35.5. The molecule has 164 valence electrons. The Labute approximate surface area is 182 Å². The Bertz CT molecular complexity index is 676. The van der Waals surface area contributed by atoms with Crippen molar-refractivity contribution in [1.82, 2.24) is 5.32 Å². The number of carbonyl (C=O) groups excluding carboxylic acids is 1. The van der Waals surface area contributed by atoms with Crippen LogP contribution >= 0.6 is 12.4 Å². The second-order valence-electron chi connectivity index (χ2n) is 11.2. The second kappa shape index (κ2) is 7.82. The van der Waals surface area contributed by atoms with Crippen molar-refractivity contribution in [2.24, 2.45) is 45.6 Å². The molecule has 1 saturated heterocycles. The summed E-state index contributed by atoms with van der Waals surface area (Å²) in [4.78, 5) is 18.5. The van der Waals surface area contributed by atoms with E-state index in [4.69, 9.17) is 4.84 Å². The third-order valence-corrected chi connectivity index (χ3v) is 9.92. The predicted octanol–water partition coefficient (Wildman–Crippen LogP) is 5.00. The molecule has 0 aromatic rings. The molecular weight excluding hydrogens is 384 g/mol. The summed E-state index contributed by atoms with van der Waals surface area (Å²) in [5.74, 6) is 4.23. The van der Waals surface area contributed by atoms with Crippen LogP contribution < -0.4 is 5.32 Å². The van der Waals surface area contributed by atoms with E-state index in [1.165, 1.54) is 25.0 Å². The monoisotopic (exact) mass is 422 g/mol. The van der Waals surface area contributed by atoms with Gasteiger partial charge in [0.15, 0.2) is 0 Å². The van der Waals surface area contributed by atoms with E-state index in [1.807, 2.05) is 0 Å². The van der Waals surface area contributed by atoms with E-state index in [0.717, 1.165) is 75.3 Å². The van der Waals surface area contributed by atoms with Crippen molar-refractivity contribution in [3.8, 4) is 0 Å². The average molecular weight is 423 g/mol. The van der Waals surface area contributed by atoms with Gasteiger partial charge in [-0.3, -0.25) is 4.79 Å². The highest BCUT2D eigenvalue weighted by Crippen LogP contribution is 2.66. The molecule has 0 spiro atoms. The van der Waals surface area contributed by atoms with E-state index < -0.39 is 0 Å². The fraction of sp³-hybridized carbons (Fsp3) is 0.917. The van der Waals surface area contributed by atoms with Crippen LogP contribution in [0.25, 0.3) is 0 Å². The summed E-state index contributed by atoms with van der Waals surface area (Å²) in [5.41, 5.74) is 1.72. The largest absolute Gasteiger partial charge is 0.391 e. The number of Topliss-reactive ketones (excluding diaryl/α,β-unsaturated/α-hetero) is 1. The molecule has 5 aliphatic rings. The van der Waals surface area contributed by atoms with Gasteiger partial charge in [0.1, 0.15) is 11.9 Å². The number of ketones is 1. The van der Waals surface area contributed by atoms with E-state index in [1.54, 1.807) is 0 Å². The minimum absolute atomic E-state index is 0. The normalized spacial score (nSPS) is 50.4. The quantitative estimate of drug-likeness (QED) is 0.637. The lowest BCUT2D eigenvalue weighted by Crippen LogP contribution is -2.56. The fourth-order valence-electron chi connectivity index (χ4n) is 8.25. The van der Waals surface area contributed by atoms with Crippen LogP contribution in [0.5, 0.6) is 0 Å². The van der Waals surface area contributed by atoms with Crippen LogP contribution in [0.3, 0.4) is 0 Å². The Morgan fingerprint density at radius 2 is 1.90 bits per heavy atom. The van der Waals surface area contributed by atoms with Crippen LogP contribution in [0.2, 0.25) is 0 Å². The lowest BCUT2D eigenvalue weighted by molar-refractivity contribution is -0.141. The highest BCUT2D eigenvalue weighted by Gasteiger charge is 2.61. The Kier molecular flexibility index (Phi) is 5.83. The van der Waals surface area contributed by atoms with Crippen molar-refractivity contribution >= 4 is 23.9 Å². The molecule has 1 unspecified atom stereocenters. The number of halogens is 1. The van der Waals surface area contributed by atoms with Crippen LogP contribution in [0, 0.1) is 40.4 Å². The molecule has 1 N–H and O–H groups in total. The lowest BCUT2D eigenvalue weighted by Gasteiger charge is -2.61. The lowest BCUT2D eigenvalue weighted by atomic mass is 9.43. The predicted molar refractivity (Wildman–Crippen MR) is 118 cm³/mol. The molecule has 4 nitrogen and oxygen atoms in total. The molecule has 5 rings (SSSR count). The van der Waals surface area contributed by atoms with Crippen LogP contribution in [0.1, 0.15) is 78.6 Å². The van der Waals surface area contributed by atoms with Gasteiger partial charge in [0.05, 0.1) is 5.71 Å². The number of nitrogens with one attached hydrogen (secondary N) is 1. The topological polar surface area (TPSA) is 50.7 Å². The number of oxime groups is 1. The van der Waals surface area contributed by atoms with Crippen molar-refractivity contribution in [3.63, 3.8) is 0 Å².